The summed E-state index contributed by atoms with van der Waals surface area (Å²) in [4.78, 5) is 15.6. The standard InChI is InChI=1S/C14H16N4O2/c1-2-18-13(15-9-16-18)8-20-11-5-3-10-4-6-14(19)17-12(10)7-11/h3,5,7,9H,2,4,6,8H2,1H3,(H,17,19). The van der Waals surface area contributed by atoms with Crippen molar-refractivity contribution in [3.05, 3.63) is 35.9 Å². The van der Waals surface area contributed by atoms with Gasteiger partial charge >= 0.3 is 0 Å². The monoisotopic (exact) mass is 272 g/mol. The molecule has 0 aliphatic carbocycles. The molecule has 1 aliphatic rings. The van der Waals surface area contributed by atoms with Gasteiger partial charge in [0, 0.05) is 24.7 Å². The molecule has 0 atom stereocenters. The number of hydrogen-bond donors (Lipinski definition) is 1. The van der Waals surface area contributed by atoms with Crippen LogP contribution < -0.4 is 10.1 Å². The lowest BCUT2D eigenvalue weighted by Crippen LogP contribution is -2.18. The maximum atomic E-state index is 11.4. The summed E-state index contributed by atoms with van der Waals surface area (Å²) in [6.45, 7) is 3.13. The average Bonchev–Trinajstić information content (AvgIpc) is 2.92. The molecule has 0 saturated carbocycles. The molecule has 2 heterocycles. The number of aryl methyl sites for hydroxylation is 2. The fourth-order valence-corrected chi connectivity index (χ4v) is 2.25. The van der Waals surface area contributed by atoms with Gasteiger partial charge in [0.05, 0.1) is 0 Å². The third-order valence-electron chi connectivity index (χ3n) is 3.34. The lowest BCUT2D eigenvalue weighted by molar-refractivity contribution is -0.116. The Balaban J connectivity index is 1.72. The number of nitrogens with one attached hydrogen (secondary N) is 1. The molecule has 104 valence electrons. The molecule has 0 bridgehead atoms. The van der Waals surface area contributed by atoms with E-state index in [2.05, 4.69) is 15.4 Å². The van der Waals surface area contributed by atoms with E-state index in [0.717, 1.165) is 35.8 Å². The Bertz CT molecular complexity index is 636. The molecule has 1 aliphatic heterocycles. The molecule has 0 unspecified atom stereocenters. The smallest absolute Gasteiger partial charge is 0.224 e. The molecule has 1 aromatic carbocycles. The van der Waals surface area contributed by atoms with Crippen molar-refractivity contribution in [3.63, 3.8) is 0 Å². The predicted molar refractivity (Wildman–Crippen MR) is 73.4 cm³/mol. The van der Waals surface area contributed by atoms with Gasteiger partial charge in [0.25, 0.3) is 0 Å². The Labute approximate surface area is 116 Å². The highest BCUT2D eigenvalue weighted by molar-refractivity contribution is 5.94. The van der Waals surface area contributed by atoms with Crippen molar-refractivity contribution in [2.75, 3.05) is 5.32 Å². The fraction of sp³-hybridized carbons (Fsp3) is 0.357. The quantitative estimate of drug-likeness (QED) is 0.920. The number of hydrogen-bond acceptors (Lipinski definition) is 4. The lowest BCUT2D eigenvalue weighted by atomic mass is 10.0. The van der Waals surface area contributed by atoms with Gasteiger partial charge in [-0.1, -0.05) is 6.07 Å². The van der Waals surface area contributed by atoms with E-state index in [0.29, 0.717) is 13.0 Å². The molecule has 0 saturated heterocycles. The predicted octanol–water partition coefficient (Wildman–Crippen LogP) is 1.76. The van der Waals surface area contributed by atoms with Gasteiger partial charge < -0.3 is 10.1 Å². The summed E-state index contributed by atoms with van der Waals surface area (Å²) in [6, 6.07) is 5.77. The van der Waals surface area contributed by atoms with Crippen molar-refractivity contribution in [2.45, 2.75) is 32.9 Å². The van der Waals surface area contributed by atoms with E-state index in [9.17, 15) is 4.79 Å². The van der Waals surface area contributed by atoms with Gasteiger partial charge in [-0.25, -0.2) is 9.67 Å². The number of nitrogens with zero attached hydrogens (tertiary/aromatic N) is 3. The Morgan fingerprint density at radius 3 is 3.15 bits per heavy atom. The number of carbonyl (C=O) groups excluding carboxylic acids is 1. The van der Waals surface area contributed by atoms with Gasteiger partial charge in [0.15, 0.2) is 5.82 Å². The van der Waals surface area contributed by atoms with Crippen molar-refractivity contribution in [2.24, 2.45) is 0 Å². The van der Waals surface area contributed by atoms with Crippen LogP contribution in [0.3, 0.4) is 0 Å². The second kappa shape index (κ2) is 5.32. The summed E-state index contributed by atoms with van der Waals surface area (Å²) in [7, 11) is 0. The van der Waals surface area contributed by atoms with Crippen LogP contribution in [0.2, 0.25) is 0 Å². The van der Waals surface area contributed by atoms with Gasteiger partial charge in [-0.15, -0.1) is 0 Å². The summed E-state index contributed by atoms with van der Waals surface area (Å²) >= 11 is 0. The number of rotatable bonds is 4. The van der Waals surface area contributed by atoms with Gasteiger partial charge in [0.2, 0.25) is 5.91 Å². The summed E-state index contributed by atoms with van der Waals surface area (Å²) < 4.78 is 7.51. The summed E-state index contributed by atoms with van der Waals surface area (Å²) in [5, 5.41) is 6.96. The van der Waals surface area contributed by atoms with Crippen LogP contribution >= 0.6 is 0 Å². The summed E-state index contributed by atoms with van der Waals surface area (Å²) in [5.74, 6) is 1.56. The number of benzene rings is 1. The topological polar surface area (TPSA) is 69.0 Å². The van der Waals surface area contributed by atoms with Crippen molar-refractivity contribution in [1.29, 1.82) is 0 Å². The Kier molecular flexibility index (Phi) is 3.37. The average molecular weight is 272 g/mol. The van der Waals surface area contributed by atoms with Crippen LogP contribution in [0.15, 0.2) is 24.5 Å². The third kappa shape index (κ3) is 2.49. The first-order chi connectivity index (χ1) is 9.76. The number of carbonyl (C=O) groups is 1. The molecule has 1 amide bonds. The Morgan fingerprint density at radius 2 is 2.30 bits per heavy atom. The zero-order chi connectivity index (χ0) is 13.9. The van der Waals surface area contributed by atoms with Gasteiger partial charge in [-0.2, -0.15) is 5.10 Å². The third-order valence-corrected chi connectivity index (χ3v) is 3.34. The van der Waals surface area contributed by atoms with Crippen LogP contribution in [-0.2, 0) is 24.4 Å². The summed E-state index contributed by atoms with van der Waals surface area (Å²) in [6.07, 6.45) is 2.85. The second-order valence-electron chi connectivity index (χ2n) is 4.65. The van der Waals surface area contributed by atoms with E-state index >= 15 is 0 Å². The second-order valence-corrected chi connectivity index (χ2v) is 4.65. The number of aromatic nitrogens is 3. The first kappa shape index (κ1) is 12.7. The number of ether oxygens (including phenoxy) is 1. The molecule has 0 spiro atoms. The van der Waals surface area contributed by atoms with E-state index < -0.39 is 0 Å². The van der Waals surface area contributed by atoms with E-state index in [1.807, 2.05) is 25.1 Å². The molecule has 1 N–H and O–H groups in total. The number of amides is 1. The maximum Gasteiger partial charge on any atom is 0.224 e. The lowest BCUT2D eigenvalue weighted by Gasteiger charge is -2.17. The molecule has 0 fully saturated rings. The number of fused-ring (bicyclic) bond motifs is 1. The van der Waals surface area contributed by atoms with Crippen molar-refractivity contribution in [3.8, 4) is 5.75 Å². The zero-order valence-corrected chi connectivity index (χ0v) is 11.3. The van der Waals surface area contributed by atoms with Gasteiger partial charge in [0.1, 0.15) is 18.7 Å². The zero-order valence-electron chi connectivity index (χ0n) is 11.3. The highest BCUT2D eigenvalue weighted by atomic mass is 16.5. The molecular formula is C14H16N4O2. The minimum absolute atomic E-state index is 0.0559. The molecule has 0 radical (unpaired) electrons. The molecule has 2 aromatic rings. The molecule has 6 nitrogen and oxygen atoms in total. The van der Waals surface area contributed by atoms with Crippen molar-refractivity contribution >= 4 is 11.6 Å². The summed E-state index contributed by atoms with van der Waals surface area (Å²) in [5.41, 5.74) is 1.99. The molecule has 3 rings (SSSR count). The number of anilines is 1. The Hall–Kier alpha value is -2.37. The molecular weight excluding hydrogens is 256 g/mol. The maximum absolute atomic E-state index is 11.4. The minimum Gasteiger partial charge on any atom is -0.486 e. The first-order valence-corrected chi connectivity index (χ1v) is 6.68. The van der Waals surface area contributed by atoms with Crippen LogP contribution in [0.5, 0.6) is 5.75 Å². The van der Waals surface area contributed by atoms with E-state index in [1.165, 1.54) is 6.33 Å². The van der Waals surface area contributed by atoms with Crippen LogP contribution in [0.4, 0.5) is 5.69 Å². The fourth-order valence-electron chi connectivity index (χ4n) is 2.25. The first-order valence-electron chi connectivity index (χ1n) is 6.68. The van der Waals surface area contributed by atoms with Crippen LogP contribution in [0.25, 0.3) is 0 Å². The highest BCUT2D eigenvalue weighted by Crippen LogP contribution is 2.27. The molecule has 20 heavy (non-hydrogen) atoms. The van der Waals surface area contributed by atoms with Crippen molar-refractivity contribution in [1.82, 2.24) is 14.8 Å². The van der Waals surface area contributed by atoms with Crippen molar-refractivity contribution < 1.29 is 9.53 Å². The van der Waals surface area contributed by atoms with Crippen LogP contribution in [0, 0.1) is 0 Å². The van der Waals surface area contributed by atoms with E-state index in [1.54, 1.807) is 4.68 Å². The highest BCUT2D eigenvalue weighted by Gasteiger charge is 2.15. The minimum atomic E-state index is 0.0559. The van der Waals surface area contributed by atoms with Gasteiger partial charge in [-0.3, -0.25) is 4.79 Å². The van der Waals surface area contributed by atoms with E-state index in [4.69, 9.17) is 4.74 Å². The van der Waals surface area contributed by atoms with Gasteiger partial charge in [-0.05, 0) is 25.0 Å². The van der Waals surface area contributed by atoms with Crippen LogP contribution in [-0.4, -0.2) is 20.7 Å². The largest absolute Gasteiger partial charge is 0.486 e. The SMILES string of the molecule is CCn1ncnc1COc1ccc2c(c1)NC(=O)CC2. The molecule has 1 aromatic heterocycles. The Morgan fingerprint density at radius 1 is 1.40 bits per heavy atom. The van der Waals surface area contributed by atoms with E-state index in [-0.39, 0.29) is 5.91 Å². The van der Waals surface area contributed by atoms with Crippen LogP contribution in [0.1, 0.15) is 24.7 Å². The molecule has 6 heteroatoms. The normalized spacial score (nSPS) is 13.8.